The molecule has 0 aromatic heterocycles. The van der Waals surface area contributed by atoms with Gasteiger partial charge in [-0.15, -0.1) is 0 Å². The van der Waals surface area contributed by atoms with Gasteiger partial charge in [0.2, 0.25) is 0 Å². The molecule has 0 aromatic carbocycles. The summed E-state index contributed by atoms with van der Waals surface area (Å²) < 4.78 is 10.3. The van der Waals surface area contributed by atoms with Gasteiger partial charge in [0.25, 0.3) is 0 Å². The highest BCUT2D eigenvalue weighted by Gasteiger charge is 2.53. The van der Waals surface area contributed by atoms with Crippen LogP contribution in [0.25, 0.3) is 0 Å². The highest BCUT2D eigenvalue weighted by molar-refractivity contribution is 5.75. The van der Waals surface area contributed by atoms with Gasteiger partial charge in [-0.05, 0) is 69.6 Å². The first-order valence-corrected chi connectivity index (χ1v) is 11.2. The lowest BCUT2D eigenvalue weighted by Crippen LogP contribution is -2.49. The Balaban J connectivity index is 2.25. The van der Waals surface area contributed by atoms with E-state index in [1.54, 1.807) is 6.92 Å². The molecule has 0 radical (unpaired) electrons. The summed E-state index contributed by atoms with van der Waals surface area (Å²) in [6, 6.07) is 0. The van der Waals surface area contributed by atoms with Crippen LogP contribution in [-0.2, 0) is 23.9 Å². The van der Waals surface area contributed by atoms with Crippen LogP contribution in [0.3, 0.4) is 0 Å². The number of rotatable bonds is 8. The molecule has 31 heavy (non-hydrogen) atoms. The minimum Gasteiger partial charge on any atom is -0.481 e. The number of aliphatic carboxylic acids is 1. The molecule has 6 unspecified atom stereocenters. The molecule has 0 saturated heterocycles. The Bertz CT molecular complexity index is 740. The van der Waals surface area contributed by atoms with Crippen molar-refractivity contribution in [2.75, 3.05) is 6.61 Å². The van der Waals surface area contributed by atoms with Crippen molar-refractivity contribution in [1.82, 2.24) is 0 Å². The van der Waals surface area contributed by atoms with Crippen molar-refractivity contribution in [3.05, 3.63) is 11.6 Å². The molecule has 2 N–H and O–H groups in total. The van der Waals surface area contributed by atoms with Crippen LogP contribution >= 0.6 is 0 Å². The standard InChI is InChI=1S/C24H38O7/c1-15-9-10-19-18(8-7-11-23(19,5)21(27)28)22(15,4)12-13-24(6,29)20(31-17(3)26)14-30-16(2)25/h8,15,19-20,29H,7,9-14H2,1-6H3,(H,27,28). The molecule has 2 aliphatic rings. The molecule has 0 bridgehead atoms. The van der Waals surface area contributed by atoms with E-state index in [1.165, 1.54) is 19.4 Å². The van der Waals surface area contributed by atoms with Crippen molar-refractivity contribution >= 4 is 17.9 Å². The summed E-state index contributed by atoms with van der Waals surface area (Å²) in [7, 11) is 0. The zero-order valence-electron chi connectivity index (χ0n) is 19.7. The van der Waals surface area contributed by atoms with Crippen molar-refractivity contribution in [3.63, 3.8) is 0 Å². The Morgan fingerprint density at radius 3 is 2.42 bits per heavy atom. The average Bonchev–Trinajstić information content (AvgIpc) is 2.66. The van der Waals surface area contributed by atoms with Gasteiger partial charge in [-0.25, -0.2) is 0 Å². The van der Waals surface area contributed by atoms with Crippen molar-refractivity contribution in [2.24, 2.45) is 22.7 Å². The minimum atomic E-state index is -1.40. The van der Waals surface area contributed by atoms with Gasteiger partial charge in [-0.1, -0.05) is 25.5 Å². The molecule has 2 rings (SSSR count). The van der Waals surface area contributed by atoms with Crippen LogP contribution in [0.1, 0.15) is 80.1 Å². The zero-order chi connectivity index (χ0) is 23.6. The maximum Gasteiger partial charge on any atom is 0.309 e. The Labute approximate surface area is 185 Å². The van der Waals surface area contributed by atoms with Crippen LogP contribution < -0.4 is 0 Å². The third kappa shape index (κ3) is 5.30. The number of allylic oxidation sites excluding steroid dienone is 2. The number of carbonyl (C=O) groups excluding carboxylic acids is 2. The molecule has 1 saturated carbocycles. The molecular weight excluding hydrogens is 400 g/mol. The maximum atomic E-state index is 12.1. The fraction of sp³-hybridized carbons (Fsp3) is 0.792. The van der Waals surface area contributed by atoms with E-state index in [0.29, 0.717) is 25.2 Å². The third-order valence-corrected chi connectivity index (χ3v) is 7.89. The lowest BCUT2D eigenvalue weighted by molar-refractivity contribution is -0.175. The second kappa shape index (κ2) is 9.31. The van der Waals surface area contributed by atoms with Crippen molar-refractivity contribution in [1.29, 1.82) is 0 Å². The normalized spacial score (nSPS) is 33.3. The van der Waals surface area contributed by atoms with Gasteiger partial charge < -0.3 is 19.7 Å². The van der Waals surface area contributed by atoms with E-state index in [-0.39, 0.29) is 17.9 Å². The minimum absolute atomic E-state index is 0.0183. The molecule has 0 heterocycles. The Morgan fingerprint density at radius 1 is 1.23 bits per heavy atom. The van der Waals surface area contributed by atoms with E-state index in [0.717, 1.165) is 19.3 Å². The lowest BCUT2D eigenvalue weighted by Gasteiger charge is -2.53. The summed E-state index contributed by atoms with van der Waals surface area (Å²) in [4.78, 5) is 34.9. The fourth-order valence-corrected chi connectivity index (χ4v) is 5.37. The van der Waals surface area contributed by atoms with Gasteiger partial charge >= 0.3 is 17.9 Å². The predicted octanol–water partition coefficient (Wildman–Crippen LogP) is 3.88. The summed E-state index contributed by atoms with van der Waals surface area (Å²) in [5.41, 5.74) is -1.26. The van der Waals surface area contributed by atoms with E-state index >= 15 is 0 Å². The smallest absolute Gasteiger partial charge is 0.309 e. The molecule has 0 spiro atoms. The first kappa shape index (κ1) is 25.4. The highest BCUT2D eigenvalue weighted by atomic mass is 16.6. The molecule has 1 fully saturated rings. The van der Waals surface area contributed by atoms with E-state index in [1.807, 2.05) is 6.92 Å². The largest absolute Gasteiger partial charge is 0.481 e. The highest BCUT2D eigenvalue weighted by Crippen LogP contribution is 2.58. The summed E-state index contributed by atoms with van der Waals surface area (Å²) in [6.45, 7) is 10.1. The number of fused-ring (bicyclic) bond motifs is 1. The molecule has 7 heteroatoms. The van der Waals surface area contributed by atoms with Crippen LogP contribution in [0, 0.1) is 22.7 Å². The number of esters is 2. The number of carboxylic acid groups (broad SMARTS) is 1. The molecule has 7 nitrogen and oxygen atoms in total. The van der Waals surface area contributed by atoms with Gasteiger partial charge in [0.1, 0.15) is 12.2 Å². The van der Waals surface area contributed by atoms with Crippen LogP contribution in [-0.4, -0.2) is 46.4 Å². The summed E-state index contributed by atoms with van der Waals surface area (Å²) >= 11 is 0. The van der Waals surface area contributed by atoms with E-state index in [2.05, 4.69) is 19.9 Å². The van der Waals surface area contributed by atoms with Crippen LogP contribution in [0.4, 0.5) is 0 Å². The Kier molecular flexibility index (Phi) is 7.62. The predicted molar refractivity (Wildman–Crippen MR) is 115 cm³/mol. The molecule has 0 aromatic rings. The summed E-state index contributed by atoms with van der Waals surface area (Å²) in [6.07, 6.45) is 5.30. The van der Waals surface area contributed by atoms with Gasteiger partial charge in [-0.2, -0.15) is 0 Å². The van der Waals surface area contributed by atoms with Crippen molar-refractivity contribution < 1.29 is 34.1 Å². The van der Waals surface area contributed by atoms with Gasteiger partial charge in [0, 0.05) is 13.8 Å². The monoisotopic (exact) mass is 438 g/mol. The molecule has 2 aliphatic carbocycles. The SMILES string of the molecule is CC(=O)OCC(OC(C)=O)C(C)(O)CCC1(C)C2=CCCC(C)(C(=O)O)C2CCC1C. The molecule has 176 valence electrons. The second-order valence-corrected chi connectivity index (χ2v) is 10.1. The fourth-order valence-electron chi connectivity index (χ4n) is 5.37. The zero-order valence-corrected chi connectivity index (χ0v) is 19.7. The van der Waals surface area contributed by atoms with Gasteiger partial charge in [0.05, 0.1) is 5.41 Å². The molecule has 6 atom stereocenters. The quantitative estimate of drug-likeness (QED) is 0.437. The number of carboxylic acids is 1. The first-order chi connectivity index (χ1) is 14.2. The number of hydrogen-bond acceptors (Lipinski definition) is 6. The molecular formula is C24H38O7. The average molecular weight is 439 g/mol. The summed E-state index contributed by atoms with van der Waals surface area (Å²) in [5, 5.41) is 21.1. The topological polar surface area (TPSA) is 110 Å². The summed E-state index contributed by atoms with van der Waals surface area (Å²) in [5.74, 6) is -1.51. The molecule has 0 aliphatic heterocycles. The number of hydrogen-bond donors (Lipinski definition) is 2. The number of aliphatic hydroxyl groups is 1. The Hall–Kier alpha value is -1.89. The number of carbonyl (C=O) groups is 3. The van der Waals surface area contributed by atoms with E-state index in [4.69, 9.17) is 9.47 Å². The van der Waals surface area contributed by atoms with E-state index in [9.17, 15) is 24.6 Å². The van der Waals surface area contributed by atoms with Crippen molar-refractivity contribution in [3.8, 4) is 0 Å². The van der Waals surface area contributed by atoms with Gasteiger partial charge in [-0.3, -0.25) is 14.4 Å². The van der Waals surface area contributed by atoms with Crippen LogP contribution in [0.15, 0.2) is 11.6 Å². The molecule has 0 amide bonds. The maximum absolute atomic E-state index is 12.1. The lowest BCUT2D eigenvalue weighted by atomic mass is 9.51. The van der Waals surface area contributed by atoms with Gasteiger partial charge in [0.15, 0.2) is 6.10 Å². The second-order valence-electron chi connectivity index (χ2n) is 10.1. The van der Waals surface area contributed by atoms with E-state index < -0.39 is 35.0 Å². The van der Waals surface area contributed by atoms with Crippen LogP contribution in [0.2, 0.25) is 0 Å². The number of ether oxygens (including phenoxy) is 2. The van der Waals surface area contributed by atoms with Crippen molar-refractivity contribution in [2.45, 2.75) is 91.8 Å². The van der Waals surface area contributed by atoms with Crippen LogP contribution in [0.5, 0.6) is 0 Å². The Morgan fingerprint density at radius 2 is 1.87 bits per heavy atom. The third-order valence-electron chi connectivity index (χ3n) is 7.89. The first-order valence-electron chi connectivity index (χ1n) is 11.2.